The Morgan fingerprint density at radius 1 is 0.962 bits per heavy atom. The highest BCUT2D eigenvalue weighted by atomic mass is 16.5. The highest BCUT2D eigenvalue weighted by Gasteiger charge is 2.14. The molecule has 134 valence electrons. The Labute approximate surface area is 151 Å². The summed E-state index contributed by atoms with van der Waals surface area (Å²) in [5, 5.41) is 5.25. The third-order valence-corrected chi connectivity index (χ3v) is 3.33. The number of hydrogen-bond acceptors (Lipinski definition) is 4. The lowest BCUT2D eigenvalue weighted by Gasteiger charge is -2.11. The maximum absolute atomic E-state index is 12.4. The molecule has 0 unspecified atom stereocenters. The van der Waals surface area contributed by atoms with Gasteiger partial charge in [-0.2, -0.15) is 0 Å². The van der Waals surface area contributed by atoms with Crippen LogP contribution in [0, 0.1) is 0 Å². The Hall–Kier alpha value is -3.41. The average molecular weight is 352 g/mol. The van der Waals surface area contributed by atoms with Crippen molar-refractivity contribution in [2.45, 2.75) is 6.92 Å². The largest absolute Gasteiger partial charge is 0.464 e. The maximum Gasteiger partial charge on any atom is 0.302 e. The van der Waals surface area contributed by atoms with Crippen molar-refractivity contribution >= 4 is 23.9 Å². The highest BCUT2D eigenvalue weighted by Crippen LogP contribution is 2.07. The normalized spacial score (nSPS) is 10.7. The molecule has 26 heavy (non-hydrogen) atoms. The van der Waals surface area contributed by atoms with E-state index in [4.69, 9.17) is 4.74 Å². The second kappa shape index (κ2) is 9.78. The summed E-state index contributed by atoms with van der Waals surface area (Å²) in [5.74, 6) is -1.27. The maximum atomic E-state index is 12.4. The standard InChI is InChI=1S/C20H20N2O4/c1-15(23)26-13-12-21-20(25)18(14-16-8-4-2-5-9-16)22-19(24)17-10-6-3-7-11-17/h2-11,14H,12-13H2,1H3,(H,21,25)(H,22,24). The van der Waals surface area contributed by atoms with Gasteiger partial charge in [-0.1, -0.05) is 48.5 Å². The summed E-state index contributed by atoms with van der Waals surface area (Å²) in [6.07, 6.45) is 1.59. The number of nitrogens with one attached hydrogen (secondary N) is 2. The van der Waals surface area contributed by atoms with E-state index in [2.05, 4.69) is 10.6 Å². The molecule has 0 radical (unpaired) electrons. The molecule has 2 N–H and O–H groups in total. The smallest absolute Gasteiger partial charge is 0.302 e. The predicted octanol–water partition coefficient (Wildman–Crippen LogP) is 2.14. The molecule has 0 bridgehead atoms. The van der Waals surface area contributed by atoms with Gasteiger partial charge in [-0.15, -0.1) is 0 Å². The zero-order chi connectivity index (χ0) is 18.8. The molecular formula is C20H20N2O4. The van der Waals surface area contributed by atoms with Crippen LogP contribution in [0.5, 0.6) is 0 Å². The van der Waals surface area contributed by atoms with Crippen molar-refractivity contribution in [3.63, 3.8) is 0 Å². The Morgan fingerprint density at radius 2 is 1.58 bits per heavy atom. The Morgan fingerprint density at radius 3 is 2.19 bits per heavy atom. The van der Waals surface area contributed by atoms with Crippen LogP contribution in [-0.4, -0.2) is 30.9 Å². The van der Waals surface area contributed by atoms with E-state index in [0.29, 0.717) is 5.56 Å². The fourth-order valence-electron chi connectivity index (χ4n) is 2.11. The molecule has 0 aliphatic rings. The van der Waals surface area contributed by atoms with E-state index in [-0.39, 0.29) is 24.8 Å². The molecule has 0 heterocycles. The van der Waals surface area contributed by atoms with E-state index in [1.165, 1.54) is 6.92 Å². The van der Waals surface area contributed by atoms with Crippen LogP contribution in [-0.2, 0) is 14.3 Å². The number of rotatable bonds is 7. The third-order valence-electron chi connectivity index (χ3n) is 3.33. The van der Waals surface area contributed by atoms with Gasteiger partial charge in [-0.3, -0.25) is 14.4 Å². The topological polar surface area (TPSA) is 84.5 Å². The lowest BCUT2D eigenvalue weighted by Crippen LogP contribution is -2.36. The molecule has 2 amide bonds. The number of amides is 2. The summed E-state index contributed by atoms with van der Waals surface area (Å²) >= 11 is 0. The van der Waals surface area contributed by atoms with E-state index in [0.717, 1.165) is 5.56 Å². The van der Waals surface area contributed by atoms with Crippen molar-refractivity contribution < 1.29 is 19.1 Å². The fourth-order valence-corrected chi connectivity index (χ4v) is 2.11. The zero-order valence-electron chi connectivity index (χ0n) is 14.4. The van der Waals surface area contributed by atoms with Gasteiger partial charge < -0.3 is 15.4 Å². The molecule has 6 nitrogen and oxygen atoms in total. The van der Waals surface area contributed by atoms with Gasteiger partial charge in [0.2, 0.25) is 0 Å². The first-order valence-electron chi connectivity index (χ1n) is 8.11. The number of ether oxygens (including phenoxy) is 1. The van der Waals surface area contributed by atoms with E-state index in [9.17, 15) is 14.4 Å². The number of carbonyl (C=O) groups is 3. The Kier molecular flexibility index (Phi) is 7.12. The van der Waals surface area contributed by atoms with Crippen LogP contribution in [0.3, 0.4) is 0 Å². The molecule has 0 saturated carbocycles. The highest BCUT2D eigenvalue weighted by molar-refractivity contribution is 6.05. The molecule has 0 fully saturated rings. The number of esters is 1. The van der Waals surface area contributed by atoms with E-state index >= 15 is 0 Å². The van der Waals surface area contributed by atoms with Gasteiger partial charge in [0.05, 0.1) is 6.54 Å². The average Bonchev–Trinajstić information content (AvgIpc) is 2.66. The first kappa shape index (κ1) is 18.9. The second-order valence-corrected chi connectivity index (χ2v) is 5.38. The molecule has 0 saturated heterocycles. The molecule has 2 aromatic rings. The summed E-state index contributed by atoms with van der Waals surface area (Å²) in [4.78, 5) is 35.6. The van der Waals surface area contributed by atoms with Crippen LogP contribution < -0.4 is 10.6 Å². The SMILES string of the molecule is CC(=O)OCCNC(=O)C(=Cc1ccccc1)NC(=O)c1ccccc1. The molecule has 2 aromatic carbocycles. The summed E-state index contributed by atoms with van der Waals surface area (Å²) in [5.41, 5.74) is 1.32. The van der Waals surface area contributed by atoms with Crippen LogP contribution in [0.25, 0.3) is 6.08 Å². The van der Waals surface area contributed by atoms with Gasteiger partial charge in [-0.05, 0) is 23.8 Å². The predicted molar refractivity (Wildman–Crippen MR) is 98.0 cm³/mol. The lowest BCUT2D eigenvalue weighted by atomic mass is 10.1. The summed E-state index contributed by atoms with van der Waals surface area (Å²) in [6, 6.07) is 17.8. The molecule has 0 aromatic heterocycles. The van der Waals surface area contributed by atoms with Gasteiger partial charge in [-0.25, -0.2) is 0 Å². The number of hydrogen-bond donors (Lipinski definition) is 2. The van der Waals surface area contributed by atoms with Crippen LogP contribution in [0.2, 0.25) is 0 Å². The number of carbonyl (C=O) groups excluding carboxylic acids is 3. The van der Waals surface area contributed by atoms with Crippen molar-refractivity contribution in [1.29, 1.82) is 0 Å². The molecule has 0 aliphatic heterocycles. The van der Waals surface area contributed by atoms with Gasteiger partial charge in [0, 0.05) is 12.5 Å². The minimum Gasteiger partial charge on any atom is -0.464 e. The first-order valence-corrected chi connectivity index (χ1v) is 8.11. The Bertz CT molecular complexity index is 786. The van der Waals surface area contributed by atoms with Crippen molar-refractivity contribution in [3.8, 4) is 0 Å². The van der Waals surface area contributed by atoms with E-state index in [1.807, 2.05) is 30.3 Å². The molecule has 0 aliphatic carbocycles. The van der Waals surface area contributed by atoms with E-state index < -0.39 is 11.9 Å². The molecule has 0 spiro atoms. The minimum absolute atomic E-state index is 0.0618. The van der Waals surface area contributed by atoms with E-state index in [1.54, 1.807) is 36.4 Å². The Balaban J connectivity index is 2.11. The summed E-state index contributed by atoms with van der Waals surface area (Å²) in [6.45, 7) is 1.50. The minimum atomic E-state index is -0.467. The second-order valence-electron chi connectivity index (χ2n) is 5.38. The van der Waals surface area contributed by atoms with Crippen molar-refractivity contribution in [1.82, 2.24) is 10.6 Å². The monoisotopic (exact) mass is 352 g/mol. The van der Waals surface area contributed by atoms with Crippen molar-refractivity contribution in [2.75, 3.05) is 13.2 Å². The lowest BCUT2D eigenvalue weighted by molar-refractivity contribution is -0.141. The van der Waals surface area contributed by atoms with Gasteiger partial charge in [0.1, 0.15) is 12.3 Å². The molecular weight excluding hydrogens is 332 g/mol. The van der Waals surface area contributed by atoms with Crippen LogP contribution in [0.4, 0.5) is 0 Å². The summed E-state index contributed by atoms with van der Waals surface area (Å²) in [7, 11) is 0. The van der Waals surface area contributed by atoms with Gasteiger partial charge in [0.25, 0.3) is 11.8 Å². The molecule has 2 rings (SSSR count). The van der Waals surface area contributed by atoms with Crippen LogP contribution in [0.15, 0.2) is 66.4 Å². The molecule has 0 atom stereocenters. The quantitative estimate of drug-likeness (QED) is 0.454. The van der Waals surface area contributed by atoms with Crippen LogP contribution in [0.1, 0.15) is 22.8 Å². The fraction of sp³-hybridized carbons (Fsp3) is 0.150. The van der Waals surface area contributed by atoms with Crippen molar-refractivity contribution in [3.05, 3.63) is 77.5 Å². The zero-order valence-corrected chi connectivity index (χ0v) is 14.4. The summed E-state index contributed by atoms with van der Waals surface area (Å²) < 4.78 is 4.78. The third kappa shape index (κ3) is 6.24. The molecule has 6 heteroatoms. The van der Waals surface area contributed by atoms with Gasteiger partial charge >= 0.3 is 5.97 Å². The van der Waals surface area contributed by atoms with Crippen molar-refractivity contribution in [2.24, 2.45) is 0 Å². The van der Waals surface area contributed by atoms with Gasteiger partial charge in [0.15, 0.2) is 0 Å². The first-order chi connectivity index (χ1) is 12.6. The van der Waals surface area contributed by atoms with Crippen LogP contribution >= 0.6 is 0 Å². The number of benzene rings is 2.